The summed E-state index contributed by atoms with van der Waals surface area (Å²) in [7, 11) is 3.45. The van der Waals surface area contributed by atoms with Crippen molar-refractivity contribution in [2.45, 2.75) is 6.18 Å². The SMILES string of the molecule is CN(C)C=C(C(=O)C(=CO)c1cccc(C(F)(F)F)c1)c1ccccc1. The first kappa shape index (κ1) is 19.3. The second-order valence-electron chi connectivity index (χ2n) is 5.82. The van der Waals surface area contributed by atoms with Gasteiger partial charge in [0.25, 0.3) is 0 Å². The number of aliphatic hydroxyl groups excluding tert-OH is 1. The van der Waals surface area contributed by atoms with Crippen molar-refractivity contribution < 1.29 is 23.1 Å². The zero-order chi connectivity index (χ0) is 19.3. The first-order valence-corrected chi connectivity index (χ1v) is 7.74. The molecule has 6 heteroatoms. The number of alkyl halides is 3. The maximum atomic E-state index is 13.0. The smallest absolute Gasteiger partial charge is 0.416 e. The molecule has 2 rings (SSSR count). The third-order valence-corrected chi connectivity index (χ3v) is 3.59. The molecule has 0 saturated heterocycles. The molecule has 136 valence electrons. The van der Waals surface area contributed by atoms with Gasteiger partial charge in [0.1, 0.15) is 0 Å². The van der Waals surface area contributed by atoms with Crippen molar-refractivity contribution in [3.05, 3.63) is 83.7 Å². The van der Waals surface area contributed by atoms with Crippen LogP contribution in [-0.2, 0) is 11.0 Å². The Hall–Kier alpha value is -3.02. The van der Waals surface area contributed by atoms with Gasteiger partial charge in [-0.3, -0.25) is 4.79 Å². The van der Waals surface area contributed by atoms with Crippen molar-refractivity contribution in [3.8, 4) is 0 Å². The topological polar surface area (TPSA) is 40.5 Å². The molecular weight excluding hydrogens is 343 g/mol. The lowest BCUT2D eigenvalue weighted by molar-refractivity contribution is -0.137. The second-order valence-corrected chi connectivity index (χ2v) is 5.82. The van der Waals surface area contributed by atoms with E-state index in [0.717, 1.165) is 12.1 Å². The number of Topliss-reactive ketones (excluding diaryl/α,β-unsaturated/α-hetero) is 1. The van der Waals surface area contributed by atoms with Crippen LogP contribution < -0.4 is 0 Å². The minimum atomic E-state index is -4.54. The van der Waals surface area contributed by atoms with Crippen molar-refractivity contribution in [2.75, 3.05) is 14.1 Å². The highest BCUT2D eigenvalue weighted by Gasteiger charge is 2.31. The molecule has 0 aliphatic rings. The maximum absolute atomic E-state index is 13.0. The molecule has 0 fully saturated rings. The minimum Gasteiger partial charge on any atom is -0.515 e. The Morgan fingerprint density at radius 3 is 2.12 bits per heavy atom. The third kappa shape index (κ3) is 4.53. The molecule has 0 unspecified atom stereocenters. The summed E-state index contributed by atoms with van der Waals surface area (Å²) in [5, 5.41) is 9.57. The fourth-order valence-corrected chi connectivity index (χ4v) is 2.41. The van der Waals surface area contributed by atoms with Crippen LogP contribution >= 0.6 is 0 Å². The summed E-state index contributed by atoms with van der Waals surface area (Å²) in [6.45, 7) is 0. The van der Waals surface area contributed by atoms with E-state index >= 15 is 0 Å². The average molecular weight is 361 g/mol. The fraction of sp³-hybridized carbons (Fsp3) is 0.150. The quantitative estimate of drug-likeness (QED) is 0.616. The lowest BCUT2D eigenvalue weighted by atomic mass is 9.93. The van der Waals surface area contributed by atoms with Gasteiger partial charge in [-0.15, -0.1) is 0 Å². The van der Waals surface area contributed by atoms with E-state index in [1.165, 1.54) is 12.1 Å². The predicted molar refractivity (Wildman–Crippen MR) is 95.2 cm³/mol. The molecule has 0 atom stereocenters. The number of carbonyl (C=O) groups excluding carboxylic acids is 1. The lowest BCUT2D eigenvalue weighted by Gasteiger charge is -2.14. The van der Waals surface area contributed by atoms with Gasteiger partial charge in [-0.05, 0) is 23.3 Å². The van der Waals surface area contributed by atoms with Crippen molar-refractivity contribution in [2.24, 2.45) is 0 Å². The number of hydrogen-bond acceptors (Lipinski definition) is 3. The highest BCUT2D eigenvalue weighted by atomic mass is 19.4. The summed E-state index contributed by atoms with van der Waals surface area (Å²) >= 11 is 0. The molecule has 0 saturated carbocycles. The molecule has 2 aromatic carbocycles. The van der Waals surface area contributed by atoms with Gasteiger partial charge in [0.15, 0.2) is 5.78 Å². The zero-order valence-corrected chi connectivity index (χ0v) is 14.3. The summed E-state index contributed by atoms with van der Waals surface area (Å²) in [6, 6.07) is 13.0. The molecule has 0 amide bonds. The summed E-state index contributed by atoms with van der Waals surface area (Å²) < 4.78 is 38.8. The number of aliphatic hydroxyl groups is 1. The van der Waals surface area contributed by atoms with Crippen LogP contribution in [0.25, 0.3) is 11.1 Å². The summed E-state index contributed by atoms with van der Waals surface area (Å²) in [6.07, 6.45) is -2.43. The number of rotatable bonds is 5. The van der Waals surface area contributed by atoms with Crippen molar-refractivity contribution in [1.82, 2.24) is 4.90 Å². The fourth-order valence-electron chi connectivity index (χ4n) is 2.41. The van der Waals surface area contributed by atoms with Crippen LogP contribution in [-0.4, -0.2) is 29.9 Å². The molecule has 2 aromatic rings. The number of allylic oxidation sites excluding steroid dienone is 2. The Kier molecular flexibility index (Phi) is 5.87. The monoisotopic (exact) mass is 361 g/mol. The van der Waals surface area contributed by atoms with Gasteiger partial charge in [-0.2, -0.15) is 13.2 Å². The van der Waals surface area contributed by atoms with Crippen LogP contribution in [0.4, 0.5) is 13.2 Å². The number of halogens is 3. The van der Waals surface area contributed by atoms with Gasteiger partial charge in [-0.25, -0.2) is 0 Å². The largest absolute Gasteiger partial charge is 0.515 e. The Labute approximate surface area is 149 Å². The standard InChI is InChI=1S/C20H18F3NO2/c1-24(2)12-17(14-7-4-3-5-8-14)19(26)18(13-25)15-9-6-10-16(11-15)20(21,22)23/h3-13,25H,1-2H3. The van der Waals surface area contributed by atoms with E-state index in [1.807, 2.05) is 0 Å². The van der Waals surface area contributed by atoms with E-state index in [-0.39, 0.29) is 16.7 Å². The van der Waals surface area contributed by atoms with Gasteiger partial charge < -0.3 is 10.0 Å². The third-order valence-electron chi connectivity index (χ3n) is 3.59. The van der Waals surface area contributed by atoms with E-state index in [4.69, 9.17) is 0 Å². The molecule has 26 heavy (non-hydrogen) atoms. The molecule has 0 spiro atoms. The highest BCUT2D eigenvalue weighted by Crippen LogP contribution is 2.32. The molecule has 1 N–H and O–H groups in total. The van der Waals surface area contributed by atoms with Gasteiger partial charge in [0, 0.05) is 25.9 Å². The van der Waals surface area contributed by atoms with Gasteiger partial charge >= 0.3 is 6.18 Å². The molecule has 0 radical (unpaired) electrons. The molecule has 0 aromatic heterocycles. The zero-order valence-electron chi connectivity index (χ0n) is 14.3. The van der Waals surface area contributed by atoms with Crippen LogP contribution in [0, 0.1) is 0 Å². The Bertz CT molecular complexity index is 838. The minimum absolute atomic E-state index is 0.00656. The van der Waals surface area contributed by atoms with E-state index < -0.39 is 17.5 Å². The molecule has 0 bridgehead atoms. The highest BCUT2D eigenvalue weighted by molar-refractivity contribution is 6.42. The molecule has 3 nitrogen and oxygen atoms in total. The molecule has 0 aliphatic heterocycles. The second kappa shape index (κ2) is 7.91. The predicted octanol–water partition coefficient (Wildman–Crippen LogP) is 4.78. The number of benzene rings is 2. The first-order valence-electron chi connectivity index (χ1n) is 7.74. The number of ketones is 1. The number of nitrogens with zero attached hydrogens (tertiary/aromatic N) is 1. The van der Waals surface area contributed by atoms with E-state index in [9.17, 15) is 23.1 Å². The van der Waals surface area contributed by atoms with Crippen molar-refractivity contribution in [3.63, 3.8) is 0 Å². The van der Waals surface area contributed by atoms with Crippen molar-refractivity contribution >= 4 is 16.9 Å². The van der Waals surface area contributed by atoms with Crippen LogP contribution in [0.5, 0.6) is 0 Å². The maximum Gasteiger partial charge on any atom is 0.416 e. The number of carbonyl (C=O) groups is 1. The van der Waals surface area contributed by atoms with Gasteiger partial charge in [-0.1, -0.05) is 42.5 Å². The Morgan fingerprint density at radius 1 is 0.962 bits per heavy atom. The molecular formula is C20H18F3NO2. The van der Waals surface area contributed by atoms with Crippen LogP contribution in [0.3, 0.4) is 0 Å². The Balaban J connectivity index is 2.51. The van der Waals surface area contributed by atoms with E-state index in [0.29, 0.717) is 11.8 Å². The Morgan fingerprint density at radius 2 is 1.58 bits per heavy atom. The average Bonchev–Trinajstić information content (AvgIpc) is 2.60. The summed E-state index contributed by atoms with van der Waals surface area (Å²) in [4.78, 5) is 14.6. The lowest BCUT2D eigenvalue weighted by Crippen LogP contribution is -2.11. The van der Waals surface area contributed by atoms with Crippen LogP contribution in [0.15, 0.2) is 67.1 Å². The normalized spacial score (nSPS) is 12.8. The van der Waals surface area contributed by atoms with E-state index in [2.05, 4.69) is 0 Å². The van der Waals surface area contributed by atoms with Crippen LogP contribution in [0.2, 0.25) is 0 Å². The summed E-state index contributed by atoms with van der Waals surface area (Å²) in [5.41, 5.74) is -0.258. The van der Waals surface area contributed by atoms with Crippen molar-refractivity contribution in [1.29, 1.82) is 0 Å². The van der Waals surface area contributed by atoms with Crippen LogP contribution in [0.1, 0.15) is 16.7 Å². The first-order chi connectivity index (χ1) is 12.2. The molecule has 0 heterocycles. The van der Waals surface area contributed by atoms with E-state index in [1.54, 1.807) is 55.5 Å². The van der Waals surface area contributed by atoms with Gasteiger partial charge in [0.05, 0.1) is 17.4 Å². The summed E-state index contributed by atoms with van der Waals surface area (Å²) in [5.74, 6) is -0.577. The molecule has 0 aliphatic carbocycles. The number of hydrogen-bond donors (Lipinski definition) is 1. The van der Waals surface area contributed by atoms with Gasteiger partial charge in [0.2, 0.25) is 0 Å².